The molecule has 2 aromatic rings. The second-order valence-electron chi connectivity index (χ2n) is 7.94. The third kappa shape index (κ3) is 3.83. The SMILES string of the molecule is COc1ccc(/C(O)=C2\C(=O)C(=O)NC2c2ccc(C(C)(C)C)cc2)cc1OC. The van der Waals surface area contributed by atoms with Crippen LogP contribution in [-0.2, 0) is 15.0 Å². The number of carbonyl (C=O) groups is 2. The van der Waals surface area contributed by atoms with Gasteiger partial charge in [-0.05, 0) is 34.7 Å². The molecule has 0 aromatic heterocycles. The minimum Gasteiger partial charge on any atom is -0.507 e. The Morgan fingerprint density at radius 2 is 1.59 bits per heavy atom. The number of amides is 1. The fraction of sp³-hybridized carbons (Fsp3) is 0.304. The molecule has 0 radical (unpaired) electrons. The first-order valence-corrected chi connectivity index (χ1v) is 9.28. The van der Waals surface area contributed by atoms with Crippen LogP contribution in [0.15, 0.2) is 48.0 Å². The lowest BCUT2D eigenvalue weighted by Gasteiger charge is -2.20. The summed E-state index contributed by atoms with van der Waals surface area (Å²) in [5.74, 6) is -0.846. The van der Waals surface area contributed by atoms with Gasteiger partial charge in [0.1, 0.15) is 5.76 Å². The molecule has 1 heterocycles. The maximum atomic E-state index is 12.5. The molecule has 1 unspecified atom stereocenters. The van der Waals surface area contributed by atoms with Gasteiger partial charge in [0.25, 0.3) is 11.7 Å². The van der Waals surface area contributed by atoms with E-state index >= 15 is 0 Å². The minimum absolute atomic E-state index is 0.0192. The van der Waals surface area contributed by atoms with Crippen molar-refractivity contribution >= 4 is 17.4 Å². The van der Waals surface area contributed by atoms with Crippen molar-refractivity contribution in [2.75, 3.05) is 14.2 Å². The zero-order valence-corrected chi connectivity index (χ0v) is 17.2. The van der Waals surface area contributed by atoms with Crippen molar-refractivity contribution in [2.45, 2.75) is 32.2 Å². The van der Waals surface area contributed by atoms with Gasteiger partial charge in [-0.1, -0.05) is 45.0 Å². The Kier molecular flexibility index (Phi) is 5.38. The monoisotopic (exact) mass is 395 g/mol. The molecular formula is C23H25NO5. The summed E-state index contributed by atoms with van der Waals surface area (Å²) in [6.07, 6.45) is 0. The summed E-state index contributed by atoms with van der Waals surface area (Å²) in [4.78, 5) is 24.6. The maximum absolute atomic E-state index is 12.5. The van der Waals surface area contributed by atoms with Crippen LogP contribution in [-0.4, -0.2) is 31.0 Å². The Hall–Kier alpha value is -3.28. The van der Waals surface area contributed by atoms with Crippen molar-refractivity contribution in [2.24, 2.45) is 0 Å². The van der Waals surface area contributed by atoms with E-state index in [1.54, 1.807) is 18.2 Å². The van der Waals surface area contributed by atoms with E-state index in [1.165, 1.54) is 14.2 Å². The molecule has 2 aromatic carbocycles. The van der Waals surface area contributed by atoms with Crippen LogP contribution in [0.3, 0.4) is 0 Å². The number of aliphatic hydroxyl groups is 1. The summed E-state index contributed by atoms with van der Waals surface area (Å²) in [5, 5.41) is 13.5. The molecule has 2 N–H and O–H groups in total. The number of hydrogen-bond donors (Lipinski definition) is 2. The normalized spacial score (nSPS) is 18.4. The van der Waals surface area contributed by atoms with E-state index in [2.05, 4.69) is 26.1 Å². The molecule has 0 aliphatic carbocycles. The lowest BCUT2D eigenvalue weighted by molar-refractivity contribution is -0.133. The molecule has 6 heteroatoms. The Labute approximate surface area is 170 Å². The maximum Gasteiger partial charge on any atom is 0.293 e. The molecule has 1 atom stereocenters. The van der Waals surface area contributed by atoms with Crippen molar-refractivity contribution in [1.29, 1.82) is 0 Å². The van der Waals surface area contributed by atoms with Gasteiger partial charge in [0.05, 0.1) is 25.8 Å². The second kappa shape index (κ2) is 7.62. The van der Waals surface area contributed by atoms with Crippen molar-refractivity contribution < 1.29 is 24.2 Å². The van der Waals surface area contributed by atoms with Crippen molar-refractivity contribution in [3.05, 3.63) is 64.7 Å². The van der Waals surface area contributed by atoms with Gasteiger partial charge < -0.3 is 19.9 Å². The van der Waals surface area contributed by atoms with Crippen LogP contribution in [0.2, 0.25) is 0 Å². The van der Waals surface area contributed by atoms with Gasteiger partial charge in [0, 0.05) is 5.56 Å². The number of hydrogen-bond acceptors (Lipinski definition) is 5. The number of carbonyl (C=O) groups excluding carboxylic acids is 2. The first-order chi connectivity index (χ1) is 13.7. The minimum atomic E-state index is -0.748. The highest BCUT2D eigenvalue weighted by Gasteiger charge is 2.39. The molecule has 1 amide bonds. The molecule has 152 valence electrons. The molecule has 1 aliphatic rings. The lowest BCUT2D eigenvalue weighted by Crippen LogP contribution is -2.21. The van der Waals surface area contributed by atoms with Crippen LogP contribution in [0.25, 0.3) is 5.76 Å². The number of ketones is 1. The number of benzene rings is 2. The number of ether oxygens (including phenoxy) is 2. The standard InChI is InChI=1S/C23H25NO5/c1-23(2,3)15-9-6-13(7-10-15)19-18(21(26)22(27)24-19)20(25)14-8-11-16(28-4)17(12-14)29-5/h6-12,19,25H,1-5H3,(H,24,27)/b20-18+. The quantitative estimate of drug-likeness (QED) is 0.468. The molecule has 0 spiro atoms. The summed E-state index contributed by atoms with van der Waals surface area (Å²) in [6.45, 7) is 6.32. The van der Waals surface area contributed by atoms with Crippen LogP contribution in [0, 0.1) is 0 Å². The fourth-order valence-corrected chi connectivity index (χ4v) is 3.33. The Morgan fingerprint density at radius 1 is 0.966 bits per heavy atom. The highest BCUT2D eigenvalue weighted by Crippen LogP contribution is 2.36. The fourth-order valence-electron chi connectivity index (χ4n) is 3.33. The molecule has 3 rings (SSSR count). The van der Waals surface area contributed by atoms with E-state index in [1.807, 2.05) is 24.3 Å². The van der Waals surface area contributed by atoms with Gasteiger partial charge in [-0.3, -0.25) is 9.59 Å². The molecule has 0 saturated carbocycles. The third-order valence-electron chi connectivity index (χ3n) is 5.04. The molecule has 1 aliphatic heterocycles. The van der Waals surface area contributed by atoms with Gasteiger partial charge in [-0.25, -0.2) is 0 Å². The number of rotatable bonds is 4. The first-order valence-electron chi connectivity index (χ1n) is 9.28. The summed E-state index contributed by atoms with van der Waals surface area (Å²) in [5.41, 5.74) is 2.21. The van der Waals surface area contributed by atoms with Crippen molar-refractivity contribution in [3.8, 4) is 11.5 Å². The van der Waals surface area contributed by atoms with Crippen molar-refractivity contribution in [1.82, 2.24) is 5.32 Å². The van der Waals surface area contributed by atoms with Crippen molar-refractivity contribution in [3.63, 3.8) is 0 Å². The Morgan fingerprint density at radius 3 is 2.14 bits per heavy atom. The molecule has 1 saturated heterocycles. The first kappa shape index (κ1) is 20.5. The number of methoxy groups -OCH3 is 2. The van der Waals surface area contributed by atoms with Crippen LogP contribution >= 0.6 is 0 Å². The van der Waals surface area contributed by atoms with E-state index in [4.69, 9.17) is 9.47 Å². The van der Waals surface area contributed by atoms with Crippen LogP contribution < -0.4 is 14.8 Å². The Balaban J connectivity index is 2.07. The average Bonchev–Trinajstić information content (AvgIpc) is 3.00. The highest BCUT2D eigenvalue weighted by molar-refractivity contribution is 6.46. The van der Waals surface area contributed by atoms with Gasteiger partial charge in [0.2, 0.25) is 0 Å². The second-order valence-corrected chi connectivity index (χ2v) is 7.94. The largest absolute Gasteiger partial charge is 0.507 e. The number of Topliss-reactive ketones (excluding diaryl/α,β-unsaturated/α-hetero) is 1. The van der Waals surface area contributed by atoms with Gasteiger partial charge in [0.15, 0.2) is 11.5 Å². The van der Waals surface area contributed by atoms with E-state index in [-0.39, 0.29) is 16.7 Å². The predicted octanol–water partition coefficient (Wildman–Crippen LogP) is 3.71. The number of aliphatic hydroxyl groups excluding tert-OH is 1. The molecule has 29 heavy (non-hydrogen) atoms. The van der Waals surface area contributed by atoms with Gasteiger partial charge in [-0.15, -0.1) is 0 Å². The zero-order valence-electron chi connectivity index (χ0n) is 17.2. The van der Waals surface area contributed by atoms with E-state index in [0.717, 1.165) is 11.1 Å². The predicted molar refractivity (Wildman–Crippen MR) is 110 cm³/mol. The highest BCUT2D eigenvalue weighted by atomic mass is 16.5. The zero-order chi connectivity index (χ0) is 21.3. The molecule has 0 bridgehead atoms. The van der Waals surface area contributed by atoms with Gasteiger partial charge in [-0.2, -0.15) is 0 Å². The van der Waals surface area contributed by atoms with E-state index in [9.17, 15) is 14.7 Å². The van der Waals surface area contributed by atoms with Crippen LogP contribution in [0.4, 0.5) is 0 Å². The molecule has 6 nitrogen and oxygen atoms in total. The van der Waals surface area contributed by atoms with E-state index < -0.39 is 17.7 Å². The smallest absolute Gasteiger partial charge is 0.293 e. The summed E-state index contributed by atoms with van der Waals surface area (Å²) >= 11 is 0. The number of nitrogens with one attached hydrogen (secondary N) is 1. The van der Waals surface area contributed by atoms with Crippen LogP contribution in [0.1, 0.15) is 43.5 Å². The average molecular weight is 395 g/mol. The topological polar surface area (TPSA) is 84.9 Å². The molecular weight excluding hydrogens is 370 g/mol. The summed E-state index contributed by atoms with van der Waals surface area (Å²) in [7, 11) is 2.99. The third-order valence-corrected chi connectivity index (χ3v) is 5.04. The molecule has 1 fully saturated rings. The summed E-state index contributed by atoms with van der Waals surface area (Å²) in [6, 6.07) is 11.8. The Bertz CT molecular complexity index is 983. The summed E-state index contributed by atoms with van der Waals surface area (Å²) < 4.78 is 10.5. The van der Waals surface area contributed by atoms with Gasteiger partial charge >= 0.3 is 0 Å². The lowest BCUT2D eigenvalue weighted by atomic mass is 9.85. The van der Waals surface area contributed by atoms with Crippen LogP contribution in [0.5, 0.6) is 11.5 Å². The van der Waals surface area contributed by atoms with E-state index in [0.29, 0.717) is 17.1 Å².